The molecule has 28 heavy (non-hydrogen) atoms. The summed E-state index contributed by atoms with van der Waals surface area (Å²) in [4.78, 5) is 2.62. The first-order valence-corrected chi connectivity index (χ1v) is 11.3. The van der Waals surface area contributed by atoms with Crippen molar-refractivity contribution >= 4 is 0 Å². The van der Waals surface area contributed by atoms with Gasteiger partial charge in [0.15, 0.2) is 0 Å². The van der Waals surface area contributed by atoms with Gasteiger partial charge in [-0.25, -0.2) is 0 Å². The number of aryl methyl sites for hydroxylation is 1. The molecule has 1 N–H and O–H groups in total. The van der Waals surface area contributed by atoms with E-state index in [1.54, 1.807) is 0 Å². The van der Waals surface area contributed by atoms with E-state index in [0.717, 1.165) is 63.5 Å². The second kappa shape index (κ2) is 10.0. The fourth-order valence-corrected chi connectivity index (χ4v) is 5.03. The molecule has 0 aromatic carbocycles. The number of allylic oxidation sites excluding steroid dienone is 1. The Kier molecular flexibility index (Phi) is 7.69. The van der Waals surface area contributed by atoms with Crippen LogP contribution in [-0.4, -0.2) is 46.4 Å². The van der Waals surface area contributed by atoms with Crippen LogP contribution in [0.4, 0.5) is 0 Å². The fraction of sp³-hybridized carbons (Fsp3) is 0.826. The summed E-state index contributed by atoms with van der Waals surface area (Å²) in [6.45, 7) is 12.9. The molecule has 0 radical (unpaired) electrons. The Labute approximate surface area is 170 Å². The molecule has 1 aromatic heterocycles. The van der Waals surface area contributed by atoms with Gasteiger partial charge in [-0.15, -0.1) is 10.2 Å². The lowest BCUT2D eigenvalue weighted by Gasteiger charge is -2.40. The third-order valence-electron chi connectivity index (χ3n) is 6.91. The quantitative estimate of drug-likeness (QED) is 0.678. The molecule has 5 nitrogen and oxygen atoms in total. The van der Waals surface area contributed by atoms with Gasteiger partial charge in [0, 0.05) is 26.0 Å². The van der Waals surface area contributed by atoms with Crippen molar-refractivity contribution in [3.63, 3.8) is 0 Å². The van der Waals surface area contributed by atoms with Gasteiger partial charge in [-0.05, 0) is 75.3 Å². The predicted molar refractivity (Wildman–Crippen MR) is 112 cm³/mol. The number of rotatable bonds is 8. The van der Waals surface area contributed by atoms with Crippen molar-refractivity contribution in [2.24, 2.45) is 29.6 Å². The van der Waals surface area contributed by atoms with Gasteiger partial charge in [0.05, 0.1) is 0 Å². The highest BCUT2D eigenvalue weighted by Gasteiger charge is 2.34. The first-order valence-electron chi connectivity index (χ1n) is 11.3. The summed E-state index contributed by atoms with van der Waals surface area (Å²) in [6, 6.07) is 0. The lowest BCUT2D eigenvalue weighted by atomic mass is 9.69. The van der Waals surface area contributed by atoms with Crippen molar-refractivity contribution in [2.45, 2.75) is 66.2 Å². The second-order valence-electron chi connectivity index (χ2n) is 9.39. The van der Waals surface area contributed by atoms with E-state index in [1.165, 1.54) is 12.0 Å². The van der Waals surface area contributed by atoms with Crippen LogP contribution < -0.4 is 0 Å². The Hall–Kier alpha value is -1.20. The summed E-state index contributed by atoms with van der Waals surface area (Å²) in [6.07, 6.45) is 8.81. The molecule has 158 valence electrons. The molecule has 2 heterocycles. The lowest BCUT2D eigenvalue weighted by molar-refractivity contribution is 0.103. The molecule has 1 saturated heterocycles. The first-order chi connectivity index (χ1) is 13.5. The van der Waals surface area contributed by atoms with Crippen LogP contribution in [0.2, 0.25) is 0 Å². The van der Waals surface area contributed by atoms with Crippen molar-refractivity contribution < 1.29 is 9.52 Å². The van der Waals surface area contributed by atoms with Crippen LogP contribution in [0.5, 0.6) is 0 Å². The van der Waals surface area contributed by atoms with Crippen LogP contribution in [0, 0.1) is 29.6 Å². The molecule has 3 rings (SSSR count). The van der Waals surface area contributed by atoms with Crippen molar-refractivity contribution in [1.29, 1.82) is 0 Å². The van der Waals surface area contributed by atoms with Gasteiger partial charge in [0.25, 0.3) is 0 Å². The van der Waals surface area contributed by atoms with Crippen LogP contribution in [0.3, 0.4) is 0 Å². The Bertz CT molecular complexity index is 632. The zero-order chi connectivity index (χ0) is 20.1. The monoisotopic (exact) mass is 389 g/mol. The Morgan fingerprint density at radius 3 is 2.57 bits per heavy atom. The third kappa shape index (κ3) is 5.44. The van der Waals surface area contributed by atoms with Gasteiger partial charge in [0.2, 0.25) is 11.8 Å². The van der Waals surface area contributed by atoms with E-state index in [2.05, 4.69) is 48.9 Å². The maximum absolute atomic E-state index is 9.38. The highest BCUT2D eigenvalue weighted by molar-refractivity contribution is 5.14. The van der Waals surface area contributed by atoms with Crippen LogP contribution in [0.15, 0.2) is 16.1 Å². The molecule has 1 aliphatic heterocycles. The summed E-state index contributed by atoms with van der Waals surface area (Å²) < 4.78 is 5.86. The number of likely N-dealkylation sites (tertiary alicyclic amines) is 1. The molecule has 0 amide bonds. The van der Waals surface area contributed by atoms with Crippen molar-refractivity contribution in [3.8, 4) is 0 Å². The zero-order valence-corrected chi connectivity index (χ0v) is 18.2. The first kappa shape index (κ1) is 21.5. The average molecular weight is 390 g/mol. The number of aromatic nitrogens is 2. The van der Waals surface area contributed by atoms with E-state index in [-0.39, 0.29) is 0 Å². The molecule has 1 aliphatic carbocycles. The van der Waals surface area contributed by atoms with Crippen LogP contribution in [0.25, 0.3) is 0 Å². The minimum atomic E-state index is 0.349. The lowest BCUT2D eigenvalue weighted by Crippen LogP contribution is -2.41. The Morgan fingerprint density at radius 2 is 1.93 bits per heavy atom. The van der Waals surface area contributed by atoms with E-state index in [1.807, 2.05) is 0 Å². The van der Waals surface area contributed by atoms with E-state index >= 15 is 0 Å². The molecule has 2 aliphatic rings. The van der Waals surface area contributed by atoms with Gasteiger partial charge in [-0.3, -0.25) is 0 Å². The molecule has 1 aromatic rings. The van der Waals surface area contributed by atoms with Crippen molar-refractivity contribution in [2.75, 3.05) is 26.2 Å². The number of piperidine rings is 1. The molecule has 0 unspecified atom stereocenters. The summed E-state index contributed by atoms with van der Waals surface area (Å²) in [5, 5.41) is 17.9. The van der Waals surface area contributed by atoms with E-state index in [9.17, 15) is 5.11 Å². The molecular weight excluding hydrogens is 350 g/mol. The number of nitrogens with zero attached hydrogens (tertiary/aromatic N) is 3. The summed E-state index contributed by atoms with van der Waals surface area (Å²) >= 11 is 0. The highest BCUT2D eigenvalue weighted by Crippen LogP contribution is 2.39. The van der Waals surface area contributed by atoms with Gasteiger partial charge < -0.3 is 14.4 Å². The van der Waals surface area contributed by atoms with Crippen LogP contribution in [0.1, 0.15) is 65.2 Å². The summed E-state index contributed by atoms with van der Waals surface area (Å²) in [5.74, 6) is 4.59. The fourth-order valence-electron chi connectivity index (χ4n) is 5.03. The Morgan fingerprint density at radius 1 is 1.21 bits per heavy atom. The number of aliphatic hydroxyl groups excluding tert-OH is 1. The highest BCUT2D eigenvalue weighted by atomic mass is 16.4. The maximum Gasteiger partial charge on any atom is 0.217 e. The zero-order valence-electron chi connectivity index (χ0n) is 18.2. The smallest absolute Gasteiger partial charge is 0.217 e. The van der Waals surface area contributed by atoms with Crippen LogP contribution >= 0.6 is 0 Å². The molecule has 0 spiro atoms. The molecule has 0 bridgehead atoms. The molecule has 5 heteroatoms. The van der Waals surface area contributed by atoms with Gasteiger partial charge >= 0.3 is 0 Å². The third-order valence-corrected chi connectivity index (χ3v) is 6.91. The summed E-state index contributed by atoms with van der Waals surface area (Å²) in [7, 11) is 0. The topological polar surface area (TPSA) is 62.4 Å². The number of aliphatic hydroxyl groups is 1. The second-order valence-corrected chi connectivity index (χ2v) is 9.39. The average Bonchev–Trinajstić information content (AvgIpc) is 3.11. The molecule has 1 fully saturated rings. The molecular formula is C23H39N3O2. The van der Waals surface area contributed by atoms with Crippen molar-refractivity contribution in [3.05, 3.63) is 23.4 Å². The largest absolute Gasteiger partial charge is 0.425 e. The van der Waals surface area contributed by atoms with Gasteiger partial charge in [-0.2, -0.15) is 0 Å². The Balaban J connectivity index is 1.63. The van der Waals surface area contributed by atoms with Crippen LogP contribution in [-0.2, 0) is 12.8 Å². The standard InChI is InChI=1S/C23H39N3O2/c1-5-6-22-24-25-23(28-22)13-19-12-21(16(2)3)20(11-17(19)4)14-26-9-7-18(15-27)8-10-26/h11,16,18-21,27H,5-10,12-15H2,1-4H3/t19-,20+,21+/m1/s1. The van der Waals surface area contributed by atoms with Crippen molar-refractivity contribution in [1.82, 2.24) is 15.1 Å². The molecule has 3 atom stereocenters. The van der Waals surface area contributed by atoms with E-state index in [4.69, 9.17) is 4.42 Å². The predicted octanol–water partition coefficient (Wildman–Crippen LogP) is 4.12. The maximum atomic E-state index is 9.38. The molecule has 0 saturated carbocycles. The number of hydrogen-bond acceptors (Lipinski definition) is 5. The van der Waals surface area contributed by atoms with E-state index in [0.29, 0.717) is 36.2 Å². The SMILES string of the molecule is CCCc1nnc(C[C@H]2C[C@@H](C(C)C)[C@H](CN3CCC(CO)CC3)C=C2C)o1. The van der Waals surface area contributed by atoms with E-state index < -0.39 is 0 Å². The minimum absolute atomic E-state index is 0.349. The summed E-state index contributed by atoms with van der Waals surface area (Å²) in [5.41, 5.74) is 1.49. The number of hydrogen-bond donors (Lipinski definition) is 1. The normalized spacial score (nSPS) is 27.4. The minimum Gasteiger partial charge on any atom is -0.425 e. The van der Waals surface area contributed by atoms with Gasteiger partial charge in [0.1, 0.15) is 0 Å². The van der Waals surface area contributed by atoms with Gasteiger partial charge in [-0.1, -0.05) is 32.4 Å².